The summed E-state index contributed by atoms with van der Waals surface area (Å²) in [4.78, 5) is 16.7. The van der Waals surface area contributed by atoms with Gasteiger partial charge in [0.25, 0.3) is 0 Å². The van der Waals surface area contributed by atoms with E-state index in [-0.39, 0.29) is 23.8 Å². The summed E-state index contributed by atoms with van der Waals surface area (Å²) in [5.74, 6) is 0.268. The molecule has 2 unspecified atom stereocenters. The van der Waals surface area contributed by atoms with Crippen molar-refractivity contribution in [3.05, 3.63) is 29.8 Å². The van der Waals surface area contributed by atoms with Crippen LogP contribution in [-0.4, -0.2) is 61.2 Å². The summed E-state index contributed by atoms with van der Waals surface area (Å²) in [5.41, 5.74) is 0.944. The molecule has 1 saturated carbocycles. The lowest BCUT2D eigenvalue weighted by Crippen LogP contribution is -2.56. The molecule has 1 saturated heterocycles. The number of hydrogen-bond donors (Lipinski definition) is 0. The highest BCUT2D eigenvalue weighted by Gasteiger charge is 2.36. The van der Waals surface area contributed by atoms with Crippen LogP contribution in [0.5, 0.6) is 5.75 Å². The van der Waals surface area contributed by atoms with Crippen molar-refractivity contribution in [2.45, 2.75) is 51.0 Å². The van der Waals surface area contributed by atoms with Gasteiger partial charge in [-0.1, -0.05) is 25.0 Å². The number of ether oxygens (including phenoxy) is 2. The lowest BCUT2D eigenvalue weighted by atomic mass is 9.90. The molecule has 2 fully saturated rings. The summed E-state index contributed by atoms with van der Waals surface area (Å²) in [7, 11) is 1.89. The monoisotopic (exact) mass is 368 g/mol. The van der Waals surface area contributed by atoms with Crippen molar-refractivity contribution in [3.8, 4) is 5.75 Å². The Balaban J connectivity index is 1.52. The van der Waals surface area contributed by atoms with Crippen LogP contribution in [0, 0.1) is 0 Å². The zero-order valence-electron chi connectivity index (χ0n) is 15.1. The summed E-state index contributed by atoms with van der Waals surface area (Å²) in [6.07, 6.45) is 4.57. The van der Waals surface area contributed by atoms with E-state index in [1.807, 2.05) is 16.8 Å². The highest BCUT2D eigenvalue weighted by Crippen LogP contribution is 2.28. The van der Waals surface area contributed by atoms with Crippen LogP contribution in [0.4, 0.5) is 8.78 Å². The van der Waals surface area contributed by atoms with Crippen molar-refractivity contribution in [2.24, 2.45) is 0 Å². The van der Waals surface area contributed by atoms with Crippen LogP contribution < -0.4 is 4.74 Å². The lowest BCUT2D eigenvalue weighted by molar-refractivity contribution is -0.150. The van der Waals surface area contributed by atoms with Crippen LogP contribution in [0.3, 0.4) is 0 Å². The molecule has 0 N–H and O–H groups in total. The second kappa shape index (κ2) is 8.77. The molecule has 1 heterocycles. The van der Waals surface area contributed by atoms with Crippen molar-refractivity contribution >= 4 is 5.91 Å². The van der Waals surface area contributed by atoms with Crippen LogP contribution in [0.1, 0.15) is 31.2 Å². The molecule has 0 spiro atoms. The quantitative estimate of drug-likeness (QED) is 0.774. The number of amides is 1. The number of fused-ring (bicyclic) bond motifs is 1. The zero-order valence-corrected chi connectivity index (χ0v) is 15.1. The van der Waals surface area contributed by atoms with Crippen molar-refractivity contribution in [3.63, 3.8) is 0 Å². The third-order valence-corrected chi connectivity index (χ3v) is 5.06. The molecule has 0 bridgehead atoms. The molecule has 3 rings (SSSR count). The van der Waals surface area contributed by atoms with E-state index in [4.69, 9.17) is 4.74 Å². The van der Waals surface area contributed by atoms with Gasteiger partial charge in [-0.2, -0.15) is 8.78 Å². The number of halogens is 2. The van der Waals surface area contributed by atoms with Gasteiger partial charge in [0, 0.05) is 13.1 Å². The second-order valence-electron chi connectivity index (χ2n) is 7.04. The first-order valence-electron chi connectivity index (χ1n) is 9.16. The standard InChI is InChI=1S/C19H26F2N2O3/c1-22(12-14-6-8-15(9-7-14)26-19(20)21)13-18(24)23-10-11-25-17-5-3-2-4-16(17)23/h6-9,16-17,19H,2-5,10-13H2,1H3. The van der Waals surface area contributed by atoms with Crippen LogP contribution >= 0.6 is 0 Å². The van der Waals surface area contributed by atoms with E-state index >= 15 is 0 Å². The predicted octanol–water partition coefficient (Wildman–Crippen LogP) is 2.89. The molecule has 0 radical (unpaired) electrons. The second-order valence-corrected chi connectivity index (χ2v) is 7.04. The third kappa shape index (κ3) is 4.92. The average molecular weight is 368 g/mol. The molecule has 26 heavy (non-hydrogen) atoms. The SMILES string of the molecule is CN(CC(=O)N1CCOC2CCCCC21)Cc1ccc(OC(F)F)cc1. The molecule has 1 aromatic carbocycles. The van der Waals surface area contributed by atoms with Crippen LogP contribution in [0.2, 0.25) is 0 Å². The topological polar surface area (TPSA) is 42.0 Å². The molecule has 0 aromatic heterocycles. The minimum Gasteiger partial charge on any atom is -0.435 e. The maximum Gasteiger partial charge on any atom is 0.387 e. The first-order valence-corrected chi connectivity index (χ1v) is 9.16. The maximum absolute atomic E-state index is 12.8. The highest BCUT2D eigenvalue weighted by molar-refractivity contribution is 5.78. The fourth-order valence-electron chi connectivity index (χ4n) is 3.87. The first-order chi connectivity index (χ1) is 12.5. The summed E-state index contributed by atoms with van der Waals surface area (Å²) < 4.78 is 34.6. The molecule has 1 aromatic rings. The molecule has 2 atom stereocenters. The van der Waals surface area contributed by atoms with Gasteiger partial charge in [0.15, 0.2) is 0 Å². The van der Waals surface area contributed by atoms with E-state index in [2.05, 4.69) is 4.74 Å². The van der Waals surface area contributed by atoms with Gasteiger partial charge < -0.3 is 14.4 Å². The van der Waals surface area contributed by atoms with Gasteiger partial charge in [-0.05, 0) is 37.6 Å². The summed E-state index contributed by atoms with van der Waals surface area (Å²) >= 11 is 0. The van der Waals surface area contributed by atoms with Crippen LogP contribution in [0.25, 0.3) is 0 Å². The van der Waals surface area contributed by atoms with Crippen LogP contribution in [0.15, 0.2) is 24.3 Å². The number of nitrogens with zero attached hydrogens (tertiary/aromatic N) is 2. The Hall–Kier alpha value is -1.73. The van der Waals surface area contributed by atoms with Gasteiger partial charge in [-0.15, -0.1) is 0 Å². The molecule has 2 aliphatic rings. The minimum absolute atomic E-state index is 0.130. The summed E-state index contributed by atoms with van der Waals surface area (Å²) in [6.45, 7) is -0.647. The Kier molecular flexibility index (Phi) is 6.43. The number of hydrogen-bond acceptors (Lipinski definition) is 4. The number of carbonyl (C=O) groups is 1. The van der Waals surface area contributed by atoms with E-state index in [9.17, 15) is 13.6 Å². The van der Waals surface area contributed by atoms with Crippen molar-refractivity contribution in [1.29, 1.82) is 0 Å². The average Bonchev–Trinajstić information content (AvgIpc) is 2.62. The van der Waals surface area contributed by atoms with Gasteiger partial charge in [-0.25, -0.2) is 0 Å². The van der Waals surface area contributed by atoms with Crippen molar-refractivity contribution in [2.75, 3.05) is 26.7 Å². The van der Waals surface area contributed by atoms with E-state index in [1.54, 1.807) is 12.1 Å². The molecule has 144 valence electrons. The highest BCUT2D eigenvalue weighted by atomic mass is 19.3. The maximum atomic E-state index is 12.8. The van der Waals surface area contributed by atoms with Gasteiger partial charge in [0.1, 0.15) is 5.75 Å². The summed E-state index contributed by atoms with van der Waals surface area (Å²) in [5, 5.41) is 0. The zero-order chi connectivity index (χ0) is 18.5. The van der Waals surface area contributed by atoms with E-state index in [0.717, 1.165) is 24.8 Å². The summed E-state index contributed by atoms with van der Waals surface area (Å²) in [6, 6.07) is 6.73. The number of rotatable bonds is 6. The van der Waals surface area contributed by atoms with E-state index < -0.39 is 6.61 Å². The van der Waals surface area contributed by atoms with Crippen molar-refractivity contribution in [1.82, 2.24) is 9.80 Å². The number of benzene rings is 1. The largest absolute Gasteiger partial charge is 0.435 e. The van der Waals surface area contributed by atoms with E-state index in [1.165, 1.54) is 18.6 Å². The van der Waals surface area contributed by atoms with Crippen LogP contribution in [-0.2, 0) is 16.1 Å². The molecular weight excluding hydrogens is 342 g/mol. The Morgan fingerprint density at radius 2 is 2.04 bits per heavy atom. The van der Waals surface area contributed by atoms with Gasteiger partial charge in [0.05, 0.1) is 25.3 Å². The fraction of sp³-hybridized carbons (Fsp3) is 0.632. The molecular formula is C19H26F2N2O3. The number of morpholine rings is 1. The molecule has 1 aliphatic heterocycles. The van der Waals surface area contributed by atoms with Gasteiger partial charge >= 0.3 is 6.61 Å². The minimum atomic E-state index is -2.82. The van der Waals surface area contributed by atoms with Crippen molar-refractivity contribution < 1.29 is 23.0 Å². The number of carbonyl (C=O) groups excluding carboxylic acids is 1. The lowest BCUT2D eigenvalue weighted by Gasteiger charge is -2.44. The molecule has 7 heteroatoms. The Morgan fingerprint density at radius 1 is 1.31 bits per heavy atom. The Labute approximate surface area is 152 Å². The molecule has 5 nitrogen and oxygen atoms in total. The Morgan fingerprint density at radius 3 is 2.77 bits per heavy atom. The third-order valence-electron chi connectivity index (χ3n) is 5.06. The Bertz CT molecular complexity index is 595. The van der Waals surface area contributed by atoms with Gasteiger partial charge in [0.2, 0.25) is 5.91 Å². The predicted molar refractivity (Wildman–Crippen MR) is 93.1 cm³/mol. The fourth-order valence-corrected chi connectivity index (χ4v) is 3.87. The smallest absolute Gasteiger partial charge is 0.387 e. The van der Waals surface area contributed by atoms with Gasteiger partial charge in [-0.3, -0.25) is 9.69 Å². The molecule has 1 amide bonds. The normalized spacial score (nSPS) is 23.2. The van der Waals surface area contributed by atoms with E-state index in [0.29, 0.717) is 26.2 Å². The number of alkyl halides is 2. The molecule has 1 aliphatic carbocycles. The number of likely N-dealkylation sites (N-methyl/N-ethyl adjacent to an activating group) is 1. The first kappa shape index (κ1) is 19.0.